The molecule has 0 amide bonds. The average Bonchev–Trinajstić information content (AvgIpc) is 2.25. The summed E-state index contributed by atoms with van der Waals surface area (Å²) < 4.78 is 4.64. The first-order valence-electron chi connectivity index (χ1n) is 6.13. The van der Waals surface area contributed by atoms with Crippen LogP contribution in [0.5, 0.6) is 0 Å². The Balaban J connectivity index is 2.93. The first-order chi connectivity index (χ1) is 8.71. The van der Waals surface area contributed by atoms with Crippen LogP contribution in [0.15, 0.2) is 6.07 Å². The zero-order valence-corrected chi connectivity index (χ0v) is 12.4. The van der Waals surface area contributed by atoms with Crippen molar-refractivity contribution in [3.05, 3.63) is 11.9 Å². The number of ether oxygens (including phenoxy) is 1. The number of nitrogens with zero attached hydrogens (tertiary/aromatic N) is 3. The van der Waals surface area contributed by atoms with Gasteiger partial charge in [-0.1, -0.05) is 0 Å². The van der Waals surface area contributed by atoms with E-state index in [2.05, 4.69) is 40.8 Å². The molecule has 0 aliphatic rings. The van der Waals surface area contributed by atoms with Crippen molar-refractivity contribution in [3.63, 3.8) is 0 Å². The summed E-state index contributed by atoms with van der Waals surface area (Å²) in [5, 5.41) is 3.29. The highest BCUT2D eigenvalue weighted by molar-refractivity contribution is 5.75. The first kappa shape index (κ1) is 15.2. The molecular formula is C13H22N4O2. The van der Waals surface area contributed by atoms with E-state index in [1.807, 2.05) is 13.0 Å². The van der Waals surface area contributed by atoms with Crippen LogP contribution < -0.4 is 10.2 Å². The van der Waals surface area contributed by atoms with E-state index in [0.717, 1.165) is 5.82 Å². The minimum atomic E-state index is -0.302. The van der Waals surface area contributed by atoms with Crippen LogP contribution >= 0.6 is 0 Å². The molecule has 0 bridgehead atoms. The molecule has 0 saturated heterocycles. The van der Waals surface area contributed by atoms with Gasteiger partial charge < -0.3 is 15.0 Å². The van der Waals surface area contributed by atoms with Crippen LogP contribution in [0.25, 0.3) is 0 Å². The molecule has 0 spiro atoms. The third-order valence-corrected chi connectivity index (χ3v) is 2.31. The lowest BCUT2D eigenvalue weighted by molar-refractivity contribution is -0.138. The summed E-state index contributed by atoms with van der Waals surface area (Å²) in [5.74, 6) is 1.78. The second-order valence-corrected chi connectivity index (χ2v) is 5.47. The number of anilines is 2. The van der Waals surface area contributed by atoms with E-state index in [9.17, 15) is 4.79 Å². The van der Waals surface area contributed by atoms with Crippen LogP contribution in [-0.4, -0.2) is 42.2 Å². The van der Waals surface area contributed by atoms with E-state index < -0.39 is 0 Å². The third kappa shape index (κ3) is 5.11. The van der Waals surface area contributed by atoms with Gasteiger partial charge in [0.05, 0.1) is 7.11 Å². The topological polar surface area (TPSA) is 67.3 Å². The van der Waals surface area contributed by atoms with Gasteiger partial charge in [0.15, 0.2) is 0 Å². The monoisotopic (exact) mass is 266 g/mol. The number of hydrogen-bond donors (Lipinski definition) is 1. The van der Waals surface area contributed by atoms with Crippen LogP contribution in [0.4, 0.5) is 11.6 Å². The highest BCUT2D eigenvalue weighted by Gasteiger charge is 2.14. The van der Waals surface area contributed by atoms with Crippen LogP contribution in [0.3, 0.4) is 0 Å². The van der Waals surface area contributed by atoms with Gasteiger partial charge in [-0.15, -0.1) is 0 Å². The molecule has 0 aliphatic carbocycles. The fourth-order valence-electron chi connectivity index (χ4n) is 1.53. The first-order valence-corrected chi connectivity index (χ1v) is 6.13. The van der Waals surface area contributed by atoms with E-state index in [1.165, 1.54) is 7.11 Å². The fraction of sp³-hybridized carbons (Fsp3) is 0.615. The van der Waals surface area contributed by atoms with Crippen molar-refractivity contribution in [3.8, 4) is 0 Å². The second kappa shape index (κ2) is 5.86. The largest absolute Gasteiger partial charge is 0.468 e. The Labute approximate surface area is 114 Å². The lowest BCUT2D eigenvalue weighted by Gasteiger charge is -2.23. The van der Waals surface area contributed by atoms with Crippen molar-refractivity contribution in [2.45, 2.75) is 33.2 Å². The molecule has 0 unspecified atom stereocenters. The van der Waals surface area contributed by atoms with E-state index in [1.54, 1.807) is 11.9 Å². The quantitative estimate of drug-likeness (QED) is 0.835. The lowest BCUT2D eigenvalue weighted by atomic mass is 10.1. The van der Waals surface area contributed by atoms with Crippen LogP contribution in [0.1, 0.15) is 26.6 Å². The number of carbonyl (C=O) groups is 1. The SMILES string of the molecule is COC(=O)CN(C)c1cc(NC(C)(C)C)nc(C)n1. The molecule has 0 radical (unpaired) electrons. The van der Waals surface area contributed by atoms with Crippen LogP contribution in [-0.2, 0) is 9.53 Å². The molecule has 6 heteroatoms. The fourth-order valence-corrected chi connectivity index (χ4v) is 1.53. The number of rotatable bonds is 4. The van der Waals surface area contributed by atoms with Crippen molar-refractivity contribution in [2.75, 3.05) is 30.9 Å². The molecule has 1 rings (SSSR count). The number of esters is 1. The number of carbonyl (C=O) groups excluding carboxylic acids is 1. The molecule has 1 aromatic rings. The van der Waals surface area contributed by atoms with Gasteiger partial charge in [-0.25, -0.2) is 9.97 Å². The van der Waals surface area contributed by atoms with Gasteiger partial charge in [0.2, 0.25) is 0 Å². The molecule has 1 N–H and O–H groups in total. The van der Waals surface area contributed by atoms with E-state index in [-0.39, 0.29) is 18.1 Å². The summed E-state index contributed by atoms with van der Waals surface area (Å²) in [6, 6.07) is 1.82. The normalized spacial score (nSPS) is 11.1. The number of hydrogen-bond acceptors (Lipinski definition) is 6. The Morgan fingerprint density at radius 2 is 2.05 bits per heavy atom. The summed E-state index contributed by atoms with van der Waals surface area (Å²) >= 11 is 0. The molecule has 0 aromatic carbocycles. The minimum absolute atomic E-state index is 0.0843. The van der Waals surface area contributed by atoms with Gasteiger partial charge in [-0.2, -0.15) is 0 Å². The third-order valence-electron chi connectivity index (χ3n) is 2.31. The molecule has 106 valence electrons. The summed E-state index contributed by atoms with van der Waals surface area (Å²) in [6.45, 7) is 8.15. The number of aromatic nitrogens is 2. The molecule has 6 nitrogen and oxygen atoms in total. The van der Waals surface area contributed by atoms with Crippen molar-refractivity contribution in [1.29, 1.82) is 0 Å². The number of likely N-dealkylation sites (N-methyl/N-ethyl adjacent to an activating group) is 1. The Bertz CT molecular complexity index is 454. The van der Waals surface area contributed by atoms with Crippen LogP contribution in [0.2, 0.25) is 0 Å². The maximum Gasteiger partial charge on any atom is 0.325 e. The zero-order chi connectivity index (χ0) is 14.6. The van der Waals surface area contributed by atoms with Crippen molar-refractivity contribution >= 4 is 17.6 Å². The Kier molecular flexibility index (Phi) is 4.69. The van der Waals surface area contributed by atoms with Gasteiger partial charge in [-0.05, 0) is 27.7 Å². The average molecular weight is 266 g/mol. The van der Waals surface area contributed by atoms with Gasteiger partial charge >= 0.3 is 5.97 Å². The summed E-state index contributed by atoms with van der Waals surface area (Å²) in [5.41, 5.74) is -0.0843. The molecule has 0 aliphatic heterocycles. The van der Waals surface area contributed by atoms with E-state index >= 15 is 0 Å². The van der Waals surface area contributed by atoms with Crippen molar-refractivity contribution in [1.82, 2.24) is 9.97 Å². The van der Waals surface area contributed by atoms with Gasteiger partial charge in [0.1, 0.15) is 24.0 Å². The van der Waals surface area contributed by atoms with E-state index in [0.29, 0.717) is 11.6 Å². The highest BCUT2D eigenvalue weighted by Crippen LogP contribution is 2.18. The Morgan fingerprint density at radius 1 is 1.42 bits per heavy atom. The summed E-state index contributed by atoms with van der Waals surface area (Å²) in [6.07, 6.45) is 0. The standard InChI is InChI=1S/C13H22N4O2/c1-9-14-10(16-13(2,3)4)7-11(15-9)17(5)8-12(18)19-6/h7H,8H2,1-6H3,(H,14,15,16). The molecule has 0 fully saturated rings. The molecule has 19 heavy (non-hydrogen) atoms. The maximum atomic E-state index is 11.3. The highest BCUT2D eigenvalue weighted by atomic mass is 16.5. The van der Waals surface area contributed by atoms with Crippen molar-refractivity contribution in [2.24, 2.45) is 0 Å². The Morgan fingerprint density at radius 3 is 2.58 bits per heavy atom. The van der Waals surface area contributed by atoms with Crippen molar-refractivity contribution < 1.29 is 9.53 Å². The predicted molar refractivity (Wildman–Crippen MR) is 75.4 cm³/mol. The van der Waals surface area contributed by atoms with Gasteiger partial charge in [0, 0.05) is 18.7 Å². The summed E-state index contributed by atoms with van der Waals surface area (Å²) in [7, 11) is 3.16. The summed E-state index contributed by atoms with van der Waals surface area (Å²) in [4.78, 5) is 21.7. The molecule has 1 aromatic heterocycles. The number of aryl methyl sites for hydroxylation is 1. The van der Waals surface area contributed by atoms with Gasteiger partial charge in [-0.3, -0.25) is 4.79 Å². The number of methoxy groups -OCH3 is 1. The number of nitrogens with one attached hydrogen (secondary N) is 1. The maximum absolute atomic E-state index is 11.3. The minimum Gasteiger partial charge on any atom is -0.468 e. The van der Waals surface area contributed by atoms with Gasteiger partial charge in [0.25, 0.3) is 0 Å². The second-order valence-electron chi connectivity index (χ2n) is 5.47. The smallest absolute Gasteiger partial charge is 0.325 e. The lowest BCUT2D eigenvalue weighted by Crippen LogP contribution is -2.29. The molecule has 0 atom stereocenters. The predicted octanol–water partition coefficient (Wildman–Crippen LogP) is 1.60. The molecular weight excluding hydrogens is 244 g/mol. The zero-order valence-electron chi connectivity index (χ0n) is 12.4. The Hall–Kier alpha value is -1.85. The molecule has 0 saturated carbocycles. The van der Waals surface area contributed by atoms with E-state index in [4.69, 9.17) is 0 Å². The molecule has 1 heterocycles. The van der Waals surface area contributed by atoms with Crippen LogP contribution in [0, 0.1) is 6.92 Å².